The number of rotatable bonds is 5. The number of phenolic OH excluding ortho intramolecular Hbond substituents is 1. The zero-order valence-corrected chi connectivity index (χ0v) is 24.6. The Bertz CT molecular complexity index is 1770. The number of aromatic hydroxyl groups is 1. The quantitative estimate of drug-likeness (QED) is 0.203. The summed E-state index contributed by atoms with van der Waals surface area (Å²) in [4.78, 5) is 55.2. The van der Waals surface area contributed by atoms with Crippen molar-refractivity contribution >= 4 is 87.0 Å². The number of thioether (sulfide) groups is 1. The van der Waals surface area contributed by atoms with Crippen LogP contribution in [0.3, 0.4) is 0 Å². The SMILES string of the molecule is O=C(Cn1c2c(sc1=O)C(c1cccc(Cl)c1Cl)C1C(=O)N(c3ccc(Cl)cc3)C(=O)C1S2)Nc1ccc(O)cc1. The maximum absolute atomic E-state index is 13.9. The number of aromatic nitrogens is 1. The number of nitrogens with one attached hydrogen (secondary N) is 1. The minimum Gasteiger partial charge on any atom is -0.508 e. The predicted molar refractivity (Wildman–Crippen MR) is 161 cm³/mol. The van der Waals surface area contributed by atoms with Crippen LogP contribution in [0.1, 0.15) is 16.4 Å². The highest BCUT2D eigenvalue weighted by Gasteiger charge is 2.57. The molecule has 3 atom stereocenters. The van der Waals surface area contributed by atoms with E-state index in [1.54, 1.807) is 42.5 Å². The van der Waals surface area contributed by atoms with Gasteiger partial charge in [0.1, 0.15) is 17.5 Å². The Labute approximate surface area is 256 Å². The zero-order chi connectivity index (χ0) is 29.0. The number of thiazole rings is 1. The molecule has 13 heteroatoms. The molecule has 0 aliphatic carbocycles. The smallest absolute Gasteiger partial charge is 0.308 e. The lowest BCUT2D eigenvalue weighted by Crippen LogP contribution is -2.33. The van der Waals surface area contributed by atoms with Crippen LogP contribution in [0, 0.1) is 5.92 Å². The fraction of sp³-hybridized carbons (Fsp3) is 0.143. The molecule has 0 radical (unpaired) electrons. The molecule has 3 unspecified atom stereocenters. The zero-order valence-electron chi connectivity index (χ0n) is 20.7. The van der Waals surface area contributed by atoms with Crippen molar-refractivity contribution in [3.05, 3.63) is 102 Å². The highest BCUT2D eigenvalue weighted by Crippen LogP contribution is 2.55. The number of hydrogen-bond acceptors (Lipinski definition) is 7. The van der Waals surface area contributed by atoms with Crippen LogP contribution in [0.2, 0.25) is 15.1 Å². The van der Waals surface area contributed by atoms with E-state index in [9.17, 15) is 24.3 Å². The van der Waals surface area contributed by atoms with Gasteiger partial charge in [-0.15, -0.1) is 0 Å². The molecule has 208 valence electrons. The summed E-state index contributed by atoms with van der Waals surface area (Å²) in [5.74, 6) is -2.93. The van der Waals surface area contributed by atoms with Crippen molar-refractivity contribution in [3.63, 3.8) is 0 Å². The number of halogens is 3. The normalized spacial score (nSPS) is 19.7. The van der Waals surface area contributed by atoms with Gasteiger partial charge in [0, 0.05) is 21.5 Å². The lowest BCUT2D eigenvalue weighted by Gasteiger charge is -2.31. The standard InChI is InChI=1S/C28H18Cl3N3O5S2/c29-13-4-8-15(9-5-13)34-25(37)21-20(17-2-1-3-18(30)22(17)31)24-27(40-23(21)26(34)38)33(28(39)41-24)12-19(36)32-14-6-10-16(35)11-7-14/h1-11,20-21,23,35H,12H2,(H,32,36). The topological polar surface area (TPSA) is 109 Å². The lowest BCUT2D eigenvalue weighted by atomic mass is 9.83. The number of carbonyl (C=O) groups excluding carboxylic acids is 3. The molecule has 3 aromatic carbocycles. The third-order valence-electron chi connectivity index (χ3n) is 6.90. The molecule has 2 aliphatic rings. The number of fused-ring (bicyclic) bond motifs is 2. The van der Waals surface area contributed by atoms with Gasteiger partial charge in [-0.2, -0.15) is 0 Å². The van der Waals surface area contributed by atoms with Crippen molar-refractivity contribution in [1.29, 1.82) is 0 Å². The van der Waals surface area contributed by atoms with Gasteiger partial charge in [0.15, 0.2) is 0 Å². The van der Waals surface area contributed by atoms with E-state index in [-0.39, 0.29) is 22.3 Å². The first kappa shape index (κ1) is 27.9. The van der Waals surface area contributed by atoms with Crippen molar-refractivity contribution in [2.75, 3.05) is 10.2 Å². The number of benzene rings is 3. The average Bonchev–Trinajstić information content (AvgIpc) is 3.38. The molecule has 0 saturated carbocycles. The number of nitrogens with zero attached hydrogens (tertiary/aromatic N) is 2. The summed E-state index contributed by atoms with van der Waals surface area (Å²) in [5.41, 5.74) is 1.33. The Hall–Kier alpha value is -3.28. The van der Waals surface area contributed by atoms with Gasteiger partial charge in [-0.3, -0.25) is 23.7 Å². The Balaban J connectivity index is 1.43. The first-order valence-corrected chi connectivity index (χ1v) is 15.0. The molecule has 1 fully saturated rings. The second-order valence-corrected chi connectivity index (χ2v) is 12.7. The number of carbonyl (C=O) groups is 3. The van der Waals surface area contributed by atoms with Gasteiger partial charge < -0.3 is 10.4 Å². The molecule has 1 aromatic heterocycles. The maximum atomic E-state index is 13.9. The second kappa shape index (κ2) is 10.8. The van der Waals surface area contributed by atoms with Crippen LogP contribution in [0.5, 0.6) is 5.75 Å². The fourth-order valence-electron chi connectivity index (χ4n) is 5.08. The molecule has 2 N–H and O–H groups in total. The third kappa shape index (κ3) is 4.93. The molecule has 3 amide bonds. The number of amides is 3. The van der Waals surface area contributed by atoms with E-state index in [4.69, 9.17) is 34.8 Å². The summed E-state index contributed by atoms with van der Waals surface area (Å²) in [7, 11) is 0. The van der Waals surface area contributed by atoms with Crippen LogP contribution in [-0.2, 0) is 20.9 Å². The molecule has 41 heavy (non-hydrogen) atoms. The summed E-state index contributed by atoms with van der Waals surface area (Å²) in [6.07, 6.45) is 0. The van der Waals surface area contributed by atoms with Gasteiger partial charge in [-0.25, -0.2) is 4.90 Å². The fourth-order valence-corrected chi connectivity index (χ4v) is 8.40. The molecule has 8 nitrogen and oxygen atoms in total. The number of imide groups is 1. The van der Waals surface area contributed by atoms with E-state index < -0.39 is 39.7 Å². The van der Waals surface area contributed by atoms with Gasteiger partial charge in [-0.05, 0) is 60.2 Å². The highest BCUT2D eigenvalue weighted by atomic mass is 35.5. The minimum absolute atomic E-state index is 0.0474. The van der Waals surface area contributed by atoms with Crippen LogP contribution in [-0.4, -0.2) is 32.6 Å². The molecular weight excluding hydrogens is 629 g/mol. The predicted octanol–water partition coefficient (Wildman–Crippen LogP) is 6.01. The van der Waals surface area contributed by atoms with Gasteiger partial charge in [-0.1, -0.05) is 70.0 Å². The molecule has 1 saturated heterocycles. The second-order valence-electron chi connectivity index (χ2n) is 9.39. The van der Waals surface area contributed by atoms with E-state index in [2.05, 4.69) is 5.32 Å². The molecule has 2 aliphatic heterocycles. The van der Waals surface area contributed by atoms with E-state index >= 15 is 0 Å². The molecule has 6 rings (SSSR count). The Morgan fingerprint density at radius 1 is 0.927 bits per heavy atom. The van der Waals surface area contributed by atoms with Crippen LogP contribution in [0.15, 0.2) is 76.6 Å². The maximum Gasteiger partial charge on any atom is 0.308 e. The van der Waals surface area contributed by atoms with E-state index in [1.807, 2.05) is 0 Å². The Morgan fingerprint density at radius 3 is 2.34 bits per heavy atom. The van der Waals surface area contributed by atoms with Gasteiger partial charge in [0.25, 0.3) is 0 Å². The molecule has 4 aromatic rings. The number of anilines is 2. The van der Waals surface area contributed by atoms with Crippen molar-refractivity contribution in [1.82, 2.24) is 4.57 Å². The molecule has 3 heterocycles. The van der Waals surface area contributed by atoms with Crippen molar-refractivity contribution in [3.8, 4) is 5.75 Å². The first-order valence-electron chi connectivity index (χ1n) is 12.2. The van der Waals surface area contributed by atoms with Crippen LogP contribution < -0.4 is 15.1 Å². The molecule has 0 spiro atoms. The van der Waals surface area contributed by atoms with Gasteiger partial charge in [0.2, 0.25) is 17.7 Å². The summed E-state index contributed by atoms with van der Waals surface area (Å²) in [6.45, 7) is -0.324. The average molecular weight is 647 g/mol. The first-order chi connectivity index (χ1) is 19.6. The summed E-state index contributed by atoms with van der Waals surface area (Å²) < 4.78 is 1.31. The van der Waals surface area contributed by atoms with Crippen LogP contribution >= 0.6 is 57.9 Å². The third-order valence-corrected chi connectivity index (χ3v) is 10.6. The highest BCUT2D eigenvalue weighted by molar-refractivity contribution is 8.00. The largest absolute Gasteiger partial charge is 0.508 e. The van der Waals surface area contributed by atoms with Crippen molar-refractivity contribution < 1.29 is 19.5 Å². The van der Waals surface area contributed by atoms with Crippen LogP contribution in [0.4, 0.5) is 11.4 Å². The Kier molecular flexibility index (Phi) is 7.37. The van der Waals surface area contributed by atoms with E-state index in [0.29, 0.717) is 31.9 Å². The minimum atomic E-state index is -0.883. The van der Waals surface area contributed by atoms with Gasteiger partial charge in [0.05, 0.1) is 26.7 Å². The summed E-state index contributed by atoms with van der Waals surface area (Å²) in [6, 6.07) is 17.4. The van der Waals surface area contributed by atoms with Gasteiger partial charge >= 0.3 is 4.87 Å². The van der Waals surface area contributed by atoms with Crippen molar-refractivity contribution in [2.24, 2.45) is 5.92 Å². The number of hydrogen-bond donors (Lipinski definition) is 2. The summed E-state index contributed by atoms with van der Waals surface area (Å²) in [5, 5.41) is 12.7. The van der Waals surface area contributed by atoms with Crippen LogP contribution in [0.25, 0.3) is 0 Å². The van der Waals surface area contributed by atoms with E-state index in [0.717, 1.165) is 28.0 Å². The number of phenols is 1. The van der Waals surface area contributed by atoms with E-state index in [1.165, 1.54) is 28.8 Å². The lowest BCUT2D eigenvalue weighted by molar-refractivity contribution is -0.122. The monoisotopic (exact) mass is 645 g/mol. The molecular formula is C28H18Cl3N3O5S2. The molecule has 0 bridgehead atoms. The summed E-state index contributed by atoms with van der Waals surface area (Å²) >= 11 is 21.0. The Morgan fingerprint density at radius 2 is 1.63 bits per heavy atom. The van der Waals surface area contributed by atoms with Crippen molar-refractivity contribution in [2.45, 2.75) is 22.7 Å².